The smallest absolute Gasteiger partial charge is 0.234 e. The van der Waals surface area contributed by atoms with Crippen molar-refractivity contribution in [2.45, 2.75) is 19.9 Å². The van der Waals surface area contributed by atoms with Crippen LogP contribution in [0.5, 0.6) is 0 Å². The highest BCUT2D eigenvalue weighted by Gasteiger charge is 2.08. The molecule has 0 saturated heterocycles. The van der Waals surface area contributed by atoms with Gasteiger partial charge >= 0.3 is 0 Å². The molecule has 0 aliphatic heterocycles. The number of methoxy groups -OCH3 is 1. The summed E-state index contributed by atoms with van der Waals surface area (Å²) >= 11 is 0. The molecule has 1 aromatic rings. The Bertz CT molecular complexity index is 363. The van der Waals surface area contributed by atoms with E-state index < -0.39 is 0 Å². The van der Waals surface area contributed by atoms with Gasteiger partial charge < -0.3 is 15.4 Å². The molecule has 0 saturated carbocycles. The fourth-order valence-corrected chi connectivity index (χ4v) is 1.61. The summed E-state index contributed by atoms with van der Waals surface area (Å²) in [5.74, 6) is -0.000761. The summed E-state index contributed by atoms with van der Waals surface area (Å²) in [5, 5.41) is 5.97. The van der Waals surface area contributed by atoms with Crippen LogP contribution < -0.4 is 10.6 Å². The van der Waals surface area contributed by atoms with Crippen molar-refractivity contribution in [3.63, 3.8) is 0 Å². The highest BCUT2D eigenvalue weighted by atomic mass is 16.5. The third-order valence-electron chi connectivity index (χ3n) is 2.72. The van der Waals surface area contributed by atoms with E-state index in [0.29, 0.717) is 19.7 Å². The number of benzene rings is 1. The Morgan fingerprint density at radius 3 is 2.61 bits per heavy atom. The zero-order valence-electron chi connectivity index (χ0n) is 11.3. The van der Waals surface area contributed by atoms with Gasteiger partial charge in [-0.05, 0) is 19.4 Å². The molecule has 1 aromatic carbocycles. The van der Waals surface area contributed by atoms with Crippen molar-refractivity contribution in [1.82, 2.24) is 10.6 Å². The lowest BCUT2D eigenvalue weighted by atomic mass is 10.1. The number of hydrogen-bond donors (Lipinski definition) is 2. The minimum atomic E-state index is -0.000761. The predicted molar refractivity (Wildman–Crippen MR) is 72.5 cm³/mol. The summed E-state index contributed by atoms with van der Waals surface area (Å²) in [6.07, 6.45) is 0. The van der Waals surface area contributed by atoms with Crippen LogP contribution in [-0.2, 0) is 9.53 Å². The number of rotatable bonds is 7. The topological polar surface area (TPSA) is 50.4 Å². The Kier molecular flexibility index (Phi) is 6.39. The van der Waals surface area contributed by atoms with Crippen molar-refractivity contribution in [3.8, 4) is 0 Å². The lowest BCUT2D eigenvalue weighted by Gasteiger charge is -2.14. The number of aryl methyl sites for hydroxylation is 1. The SMILES string of the molecule is COCCNCC(=O)N[C@H](C)c1ccc(C)cc1. The molecule has 4 heteroatoms. The van der Waals surface area contributed by atoms with Crippen LogP contribution in [0, 0.1) is 6.92 Å². The van der Waals surface area contributed by atoms with Crippen molar-refractivity contribution in [2.24, 2.45) is 0 Å². The molecule has 0 heterocycles. The van der Waals surface area contributed by atoms with Crippen LogP contribution >= 0.6 is 0 Å². The highest BCUT2D eigenvalue weighted by molar-refractivity contribution is 5.78. The molecule has 0 aliphatic carbocycles. The van der Waals surface area contributed by atoms with Crippen molar-refractivity contribution >= 4 is 5.91 Å². The summed E-state index contributed by atoms with van der Waals surface area (Å²) in [4.78, 5) is 11.6. The summed E-state index contributed by atoms with van der Waals surface area (Å²) < 4.78 is 4.89. The molecular weight excluding hydrogens is 228 g/mol. The largest absolute Gasteiger partial charge is 0.383 e. The van der Waals surface area contributed by atoms with E-state index >= 15 is 0 Å². The molecule has 100 valence electrons. The second-order valence-electron chi connectivity index (χ2n) is 4.37. The highest BCUT2D eigenvalue weighted by Crippen LogP contribution is 2.12. The summed E-state index contributed by atoms with van der Waals surface area (Å²) in [7, 11) is 1.64. The van der Waals surface area contributed by atoms with E-state index in [4.69, 9.17) is 4.74 Å². The van der Waals surface area contributed by atoms with Crippen LogP contribution in [0.2, 0.25) is 0 Å². The summed E-state index contributed by atoms with van der Waals surface area (Å²) in [6, 6.07) is 8.21. The summed E-state index contributed by atoms with van der Waals surface area (Å²) in [5.41, 5.74) is 2.34. The van der Waals surface area contributed by atoms with Crippen molar-refractivity contribution in [2.75, 3.05) is 26.8 Å². The van der Waals surface area contributed by atoms with Gasteiger partial charge in [-0.3, -0.25) is 4.79 Å². The number of ether oxygens (including phenoxy) is 1. The molecule has 0 spiro atoms. The molecule has 0 radical (unpaired) electrons. The Morgan fingerprint density at radius 2 is 2.00 bits per heavy atom. The molecular formula is C14H22N2O2. The van der Waals surface area contributed by atoms with Gasteiger partial charge in [0, 0.05) is 13.7 Å². The zero-order chi connectivity index (χ0) is 13.4. The molecule has 1 amide bonds. The Balaban J connectivity index is 2.33. The molecule has 18 heavy (non-hydrogen) atoms. The first-order valence-corrected chi connectivity index (χ1v) is 6.19. The van der Waals surface area contributed by atoms with E-state index in [1.165, 1.54) is 5.56 Å². The fraction of sp³-hybridized carbons (Fsp3) is 0.500. The normalized spacial score (nSPS) is 12.2. The molecule has 4 nitrogen and oxygen atoms in total. The van der Waals surface area contributed by atoms with E-state index in [0.717, 1.165) is 5.56 Å². The van der Waals surface area contributed by atoms with Gasteiger partial charge in [-0.1, -0.05) is 29.8 Å². The average molecular weight is 250 g/mol. The van der Waals surface area contributed by atoms with E-state index in [9.17, 15) is 4.79 Å². The van der Waals surface area contributed by atoms with Crippen LogP contribution in [0.1, 0.15) is 24.1 Å². The Labute approximate surface area is 109 Å². The van der Waals surface area contributed by atoms with E-state index in [1.807, 2.05) is 26.0 Å². The van der Waals surface area contributed by atoms with E-state index in [-0.39, 0.29) is 11.9 Å². The van der Waals surface area contributed by atoms with Gasteiger partial charge in [-0.15, -0.1) is 0 Å². The quantitative estimate of drug-likeness (QED) is 0.719. The molecule has 2 N–H and O–H groups in total. The minimum absolute atomic E-state index is 0.000761. The van der Waals surface area contributed by atoms with Crippen molar-refractivity contribution in [1.29, 1.82) is 0 Å². The maximum absolute atomic E-state index is 11.6. The van der Waals surface area contributed by atoms with E-state index in [1.54, 1.807) is 7.11 Å². The Morgan fingerprint density at radius 1 is 1.33 bits per heavy atom. The number of carbonyl (C=O) groups excluding carboxylic acids is 1. The first-order valence-electron chi connectivity index (χ1n) is 6.19. The third kappa shape index (κ3) is 5.29. The molecule has 0 bridgehead atoms. The number of hydrogen-bond acceptors (Lipinski definition) is 3. The lowest BCUT2D eigenvalue weighted by Crippen LogP contribution is -2.36. The monoisotopic (exact) mass is 250 g/mol. The van der Waals surface area contributed by atoms with Gasteiger partial charge in [0.25, 0.3) is 0 Å². The molecule has 0 fully saturated rings. The molecule has 0 unspecified atom stereocenters. The molecule has 0 aromatic heterocycles. The number of nitrogens with one attached hydrogen (secondary N) is 2. The van der Waals surface area contributed by atoms with Gasteiger partial charge in [0.2, 0.25) is 5.91 Å². The second-order valence-corrected chi connectivity index (χ2v) is 4.37. The number of amides is 1. The van der Waals surface area contributed by atoms with Crippen LogP contribution in [0.4, 0.5) is 0 Å². The maximum atomic E-state index is 11.6. The average Bonchev–Trinajstić information content (AvgIpc) is 2.35. The van der Waals surface area contributed by atoms with Crippen LogP contribution in [0.25, 0.3) is 0 Å². The van der Waals surface area contributed by atoms with Crippen LogP contribution in [0.15, 0.2) is 24.3 Å². The zero-order valence-corrected chi connectivity index (χ0v) is 11.3. The van der Waals surface area contributed by atoms with E-state index in [2.05, 4.69) is 22.8 Å². The van der Waals surface area contributed by atoms with Gasteiger partial charge in [-0.2, -0.15) is 0 Å². The predicted octanol–water partition coefficient (Wildman–Crippen LogP) is 1.41. The minimum Gasteiger partial charge on any atom is -0.383 e. The molecule has 1 rings (SSSR count). The van der Waals surface area contributed by atoms with Gasteiger partial charge in [0.05, 0.1) is 19.2 Å². The standard InChI is InChI=1S/C14H22N2O2/c1-11-4-6-13(7-5-11)12(2)16-14(17)10-15-8-9-18-3/h4-7,12,15H,8-10H2,1-3H3,(H,16,17)/t12-/m1/s1. The maximum Gasteiger partial charge on any atom is 0.234 e. The third-order valence-corrected chi connectivity index (χ3v) is 2.72. The second kappa shape index (κ2) is 7.84. The Hall–Kier alpha value is -1.39. The van der Waals surface area contributed by atoms with Gasteiger partial charge in [-0.25, -0.2) is 0 Å². The van der Waals surface area contributed by atoms with Gasteiger partial charge in [0.15, 0.2) is 0 Å². The first-order chi connectivity index (χ1) is 8.63. The lowest BCUT2D eigenvalue weighted by molar-refractivity contribution is -0.120. The van der Waals surface area contributed by atoms with Crippen molar-refractivity contribution < 1.29 is 9.53 Å². The van der Waals surface area contributed by atoms with Crippen LogP contribution in [-0.4, -0.2) is 32.7 Å². The fourth-order valence-electron chi connectivity index (χ4n) is 1.61. The van der Waals surface area contributed by atoms with Gasteiger partial charge in [0.1, 0.15) is 0 Å². The molecule has 0 aliphatic rings. The van der Waals surface area contributed by atoms with Crippen molar-refractivity contribution in [3.05, 3.63) is 35.4 Å². The summed E-state index contributed by atoms with van der Waals surface area (Å²) in [6.45, 7) is 5.65. The van der Waals surface area contributed by atoms with Crippen LogP contribution in [0.3, 0.4) is 0 Å². The molecule has 1 atom stereocenters. The first kappa shape index (κ1) is 14.7. The number of carbonyl (C=O) groups is 1.